The van der Waals surface area contributed by atoms with Crippen molar-refractivity contribution in [3.8, 4) is 22.4 Å². The van der Waals surface area contributed by atoms with Gasteiger partial charge >= 0.3 is 0 Å². The van der Waals surface area contributed by atoms with Crippen molar-refractivity contribution in [2.75, 3.05) is 37.7 Å². The van der Waals surface area contributed by atoms with E-state index in [0.717, 1.165) is 24.3 Å². The van der Waals surface area contributed by atoms with Crippen LogP contribution in [0.1, 0.15) is 41.5 Å². The van der Waals surface area contributed by atoms with Crippen molar-refractivity contribution in [1.82, 2.24) is 10.3 Å². The number of carbonyl (C=O) groups is 2. The molecule has 0 aliphatic carbocycles. The van der Waals surface area contributed by atoms with Gasteiger partial charge in [-0.25, -0.2) is 0 Å². The number of ether oxygens (including phenoxy) is 1. The number of hydrogen-bond donors (Lipinski definition) is 2. The predicted molar refractivity (Wildman–Crippen MR) is 138 cm³/mol. The van der Waals surface area contributed by atoms with E-state index >= 15 is 0 Å². The SMILES string of the molecule is CC(C)(C)CNC(=O)c1ccnc(-c2ccccc2)c1-c1ccc(N2CCOCC2)cc1C(N)=O. The fourth-order valence-corrected chi connectivity index (χ4v) is 4.15. The summed E-state index contributed by atoms with van der Waals surface area (Å²) in [5, 5.41) is 3.03. The first-order chi connectivity index (χ1) is 16.7. The molecule has 1 aliphatic rings. The van der Waals surface area contributed by atoms with Gasteiger partial charge in [0.25, 0.3) is 5.91 Å². The number of primary amides is 1. The Morgan fingerprint density at radius 3 is 2.40 bits per heavy atom. The van der Waals surface area contributed by atoms with Gasteiger partial charge in [-0.15, -0.1) is 0 Å². The fourth-order valence-electron chi connectivity index (χ4n) is 4.15. The highest BCUT2D eigenvalue weighted by atomic mass is 16.5. The maximum Gasteiger partial charge on any atom is 0.252 e. The Labute approximate surface area is 206 Å². The number of carbonyl (C=O) groups excluding carboxylic acids is 2. The van der Waals surface area contributed by atoms with E-state index in [0.29, 0.717) is 47.7 Å². The average Bonchev–Trinajstić information content (AvgIpc) is 2.87. The molecule has 182 valence electrons. The number of aromatic nitrogens is 1. The van der Waals surface area contributed by atoms with E-state index in [9.17, 15) is 9.59 Å². The van der Waals surface area contributed by atoms with Gasteiger partial charge in [0.05, 0.1) is 24.5 Å². The van der Waals surface area contributed by atoms with E-state index in [-0.39, 0.29) is 11.3 Å². The highest BCUT2D eigenvalue weighted by molar-refractivity contribution is 6.09. The Bertz CT molecular complexity index is 1210. The van der Waals surface area contributed by atoms with E-state index in [1.165, 1.54) is 0 Å². The molecule has 2 heterocycles. The summed E-state index contributed by atoms with van der Waals surface area (Å²) in [5.74, 6) is -0.777. The predicted octanol–water partition coefficient (Wildman–Crippen LogP) is 4.13. The number of nitrogens with two attached hydrogens (primary N) is 1. The number of amides is 2. The third kappa shape index (κ3) is 5.69. The van der Waals surface area contributed by atoms with Crippen LogP contribution in [0, 0.1) is 5.41 Å². The lowest BCUT2D eigenvalue weighted by Gasteiger charge is -2.29. The summed E-state index contributed by atoms with van der Waals surface area (Å²) < 4.78 is 5.46. The Morgan fingerprint density at radius 1 is 1.03 bits per heavy atom. The number of nitrogens with zero attached hydrogens (tertiary/aromatic N) is 2. The molecule has 3 aromatic rings. The molecule has 7 heteroatoms. The lowest BCUT2D eigenvalue weighted by atomic mass is 9.90. The number of hydrogen-bond acceptors (Lipinski definition) is 5. The van der Waals surface area contributed by atoms with Gasteiger partial charge in [-0.1, -0.05) is 57.2 Å². The van der Waals surface area contributed by atoms with Gasteiger partial charge in [-0.2, -0.15) is 0 Å². The van der Waals surface area contributed by atoms with Crippen molar-refractivity contribution in [1.29, 1.82) is 0 Å². The van der Waals surface area contributed by atoms with E-state index in [1.54, 1.807) is 12.3 Å². The largest absolute Gasteiger partial charge is 0.378 e. The van der Waals surface area contributed by atoms with Gasteiger partial charge in [0, 0.05) is 48.2 Å². The summed E-state index contributed by atoms with van der Waals surface area (Å²) in [6, 6.07) is 17.0. The monoisotopic (exact) mass is 472 g/mol. The minimum atomic E-state index is -0.556. The summed E-state index contributed by atoms with van der Waals surface area (Å²) in [7, 11) is 0. The first-order valence-electron chi connectivity index (χ1n) is 11.8. The lowest BCUT2D eigenvalue weighted by Crippen LogP contribution is -2.36. The number of benzene rings is 2. The molecule has 35 heavy (non-hydrogen) atoms. The van der Waals surface area contributed by atoms with Gasteiger partial charge in [0.1, 0.15) is 0 Å². The molecule has 4 rings (SSSR count). The highest BCUT2D eigenvalue weighted by Gasteiger charge is 2.24. The maximum absolute atomic E-state index is 13.4. The van der Waals surface area contributed by atoms with Crippen molar-refractivity contribution in [3.63, 3.8) is 0 Å². The van der Waals surface area contributed by atoms with Gasteiger partial charge in [0.2, 0.25) is 5.91 Å². The molecular weight excluding hydrogens is 440 g/mol. The second-order valence-electron chi connectivity index (χ2n) is 9.89. The van der Waals surface area contributed by atoms with Crippen LogP contribution in [0.5, 0.6) is 0 Å². The van der Waals surface area contributed by atoms with Crippen LogP contribution >= 0.6 is 0 Å². The first kappa shape index (κ1) is 24.4. The molecule has 0 saturated carbocycles. The molecule has 0 unspecified atom stereocenters. The van der Waals surface area contributed by atoms with E-state index in [2.05, 4.69) is 36.0 Å². The number of rotatable bonds is 6. The Morgan fingerprint density at radius 2 is 1.74 bits per heavy atom. The fraction of sp³-hybridized carbons (Fsp3) is 0.321. The molecule has 1 saturated heterocycles. The smallest absolute Gasteiger partial charge is 0.252 e. The molecule has 0 radical (unpaired) electrons. The molecule has 1 fully saturated rings. The van der Waals surface area contributed by atoms with Crippen LogP contribution in [0.25, 0.3) is 22.4 Å². The highest BCUT2D eigenvalue weighted by Crippen LogP contribution is 2.37. The first-order valence-corrected chi connectivity index (χ1v) is 11.8. The van der Waals surface area contributed by atoms with Gasteiger partial charge in [-0.3, -0.25) is 14.6 Å². The molecule has 0 bridgehead atoms. The third-order valence-corrected chi connectivity index (χ3v) is 5.94. The molecule has 0 spiro atoms. The van der Waals surface area contributed by atoms with Crippen LogP contribution in [0.15, 0.2) is 60.8 Å². The van der Waals surface area contributed by atoms with Crippen molar-refractivity contribution in [2.24, 2.45) is 11.1 Å². The van der Waals surface area contributed by atoms with Gasteiger partial charge in [-0.05, 0) is 29.2 Å². The molecule has 1 aliphatic heterocycles. The maximum atomic E-state index is 13.4. The summed E-state index contributed by atoms with van der Waals surface area (Å²) in [4.78, 5) is 32.9. The van der Waals surface area contributed by atoms with E-state index < -0.39 is 5.91 Å². The van der Waals surface area contributed by atoms with Crippen LogP contribution in [-0.2, 0) is 4.74 Å². The zero-order valence-electron chi connectivity index (χ0n) is 20.5. The molecule has 0 atom stereocenters. The topological polar surface area (TPSA) is 97.6 Å². The molecular formula is C28H32N4O3. The summed E-state index contributed by atoms with van der Waals surface area (Å²) in [6.07, 6.45) is 1.63. The van der Waals surface area contributed by atoms with E-state index in [1.807, 2.05) is 48.5 Å². The van der Waals surface area contributed by atoms with Gasteiger partial charge < -0.3 is 20.7 Å². The third-order valence-electron chi connectivity index (χ3n) is 5.94. The van der Waals surface area contributed by atoms with Crippen molar-refractivity contribution < 1.29 is 14.3 Å². The quantitative estimate of drug-likeness (QED) is 0.562. The number of anilines is 1. The van der Waals surface area contributed by atoms with Crippen molar-refractivity contribution in [3.05, 3.63) is 71.9 Å². The standard InChI is InChI=1S/C28H32N4O3/c1-28(2,3)18-31-27(34)22-11-12-30-25(19-7-5-4-6-8-19)24(22)21-10-9-20(17-23(21)26(29)33)32-13-15-35-16-14-32/h4-12,17H,13-16,18H2,1-3H3,(H2,29,33)(H,31,34). The Hall–Kier alpha value is -3.71. The van der Waals surface area contributed by atoms with Crippen LogP contribution in [0.2, 0.25) is 0 Å². The molecule has 3 N–H and O–H groups in total. The lowest BCUT2D eigenvalue weighted by molar-refractivity contribution is 0.0938. The summed E-state index contributed by atoms with van der Waals surface area (Å²) in [6.45, 7) is 9.43. The van der Waals surface area contributed by atoms with Crippen molar-refractivity contribution in [2.45, 2.75) is 20.8 Å². The second-order valence-corrected chi connectivity index (χ2v) is 9.89. The van der Waals surface area contributed by atoms with Crippen LogP contribution in [0.3, 0.4) is 0 Å². The Kier molecular flexibility index (Phi) is 7.17. The molecule has 2 amide bonds. The Balaban J connectivity index is 1.88. The van der Waals surface area contributed by atoms with Crippen molar-refractivity contribution >= 4 is 17.5 Å². The molecule has 2 aromatic carbocycles. The van der Waals surface area contributed by atoms with Crippen LogP contribution < -0.4 is 16.0 Å². The number of nitrogens with one attached hydrogen (secondary N) is 1. The zero-order valence-corrected chi connectivity index (χ0v) is 20.5. The van der Waals surface area contributed by atoms with Crippen LogP contribution in [0.4, 0.5) is 5.69 Å². The average molecular weight is 473 g/mol. The number of pyridine rings is 1. The summed E-state index contributed by atoms with van der Waals surface area (Å²) >= 11 is 0. The zero-order chi connectivity index (χ0) is 25.0. The summed E-state index contributed by atoms with van der Waals surface area (Å²) in [5.41, 5.74) is 10.1. The molecule has 7 nitrogen and oxygen atoms in total. The van der Waals surface area contributed by atoms with Crippen LogP contribution in [-0.4, -0.2) is 49.6 Å². The minimum absolute atomic E-state index is 0.0801. The normalized spacial score (nSPS) is 14.0. The molecule has 1 aromatic heterocycles. The number of morpholine rings is 1. The van der Waals surface area contributed by atoms with Gasteiger partial charge in [0.15, 0.2) is 0 Å². The van der Waals surface area contributed by atoms with E-state index in [4.69, 9.17) is 10.5 Å². The second kappa shape index (κ2) is 10.3. The minimum Gasteiger partial charge on any atom is -0.378 e.